The first-order chi connectivity index (χ1) is 13.1. The molecule has 0 aliphatic carbocycles. The Morgan fingerprint density at radius 2 is 2.00 bits per heavy atom. The summed E-state index contributed by atoms with van der Waals surface area (Å²) in [5.41, 5.74) is -0.518. The highest BCUT2D eigenvalue weighted by Crippen LogP contribution is 2.37. The van der Waals surface area contributed by atoms with E-state index in [1.54, 1.807) is 13.0 Å². The molecule has 7 nitrogen and oxygen atoms in total. The third-order valence-corrected chi connectivity index (χ3v) is 4.14. The van der Waals surface area contributed by atoms with Crippen molar-refractivity contribution in [2.45, 2.75) is 26.1 Å². The molecule has 0 radical (unpaired) electrons. The third kappa shape index (κ3) is 3.71. The molecule has 0 spiro atoms. The second kappa shape index (κ2) is 7.02. The average Bonchev–Trinajstić information content (AvgIpc) is 3.05. The number of hydrogen-bond donors (Lipinski definition) is 1. The number of halogens is 3. The summed E-state index contributed by atoms with van der Waals surface area (Å²) in [5, 5.41) is 2.31. The Hall–Kier alpha value is -3.30. The minimum atomic E-state index is -4.60. The van der Waals surface area contributed by atoms with Crippen molar-refractivity contribution >= 4 is 29.2 Å². The molecule has 0 saturated heterocycles. The number of nitrogens with zero attached hydrogens (tertiary/aromatic N) is 1. The maximum absolute atomic E-state index is 12.9. The van der Waals surface area contributed by atoms with Crippen LogP contribution < -0.4 is 10.2 Å². The summed E-state index contributed by atoms with van der Waals surface area (Å²) in [6.45, 7) is 2.50. The van der Waals surface area contributed by atoms with Crippen molar-refractivity contribution in [2.75, 3.05) is 16.8 Å². The highest BCUT2D eigenvalue weighted by Gasteiger charge is 2.36. The Kier molecular flexibility index (Phi) is 4.88. The normalized spacial score (nSPS) is 14.9. The second-order valence-corrected chi connectivity index (χ2v) is 6.18. The highest BCUT2D eigenvalue weighted by molar-refractivity contribution is 6.11. The molecule has 1 aliphatic heterocycles. The molecule has 1 N–H and O–H groups in total. The van der Waals surface area contributed by atoms with Crippen LogP contribution in [0.3, 0.4) is 0 Å². The van der Waals surface area contributed by atoms with Crippen LogP contribution in [0.4, 0.5) is 24.5 Å². The maximum atomic E-state index is 12.9. The number of hydrogen-bond acceptors (Lipinski definition) is 5. The Balaban J connectivity index is 1.83. The van der Waals surface area contributed by atoms with Crippen LogP contribution in [-0.2, 0) is 20.5 Å². The molecule has 3 rings (SSSR count). The van der Waals surface area contributed by atoms with Gasteiger partial charge in [0.1, 0.15) is 6.54 Å². The van der Waals surface area contributed by atoms with Gasteiger partial charge in [-0.3, -0.25) is 14.5 Å². The monoisotopic (exact) mass is 396 g/mol. The van der Waals surface area contributed by atoms with E-state index in [-0.39, 0.29) is 17.1 Å². The smallest absolute Gasteiger partial charge is 0.416 e. The molecular formula is C18H15F3N2O5. The van der Waals surface area contributed by atoms with E-state index in [1.165, 1.54) is 13.2 Å². The first-order valence-electron chi connectivity index (χ1n) is 8.15. The quantitative estimate of drug-likeness (QED) is 0.806. The first kappa shape index (κ1) is 19.5. The van der Waals surface area contributed by atoms with Gasteiger partial charge in [0.2, 0.25) is 11.7 Å². The Labute approximate surface area is 157 Å². The number of benzene rings is 1. The van der Waals surface area contributed by atoms with Crippen molar-refractivity contribution < 1.29 is 36.7 Å². The molecule has 2 aromatic rings. The molecule has 1 aromatic carbocycles. The van der Waals surface area contributed by atoms with E-state index in [4.69, 9.17) is 9.15 Å². The lowest BCUT2D eigenvalue weighted by Gasteiger charge is -2.31. The van der Waals surface area contributed by atoms with Gasteiger partial charge in [-0.1, -0.05) is 0 Å². The number of fused-ring (bicyclic) bond motifs is 1. The molecule has 1 atom stereocenters. The number of carbonyl (C=O) groups is 3. The van der Waals surface area contributed by atoms with Crippen LogP contribution in [0.25, 0.3) is 0 Å². The van der Waals surface area contributed by atoms with Crippen LogP contribution in [0, 0.1) is 6.92 Å². The van der Waals surface area contributed by atoms with Gasteiger partial charge in [-0.25, -0.2) is 4.79 Å². The number of nitrogens with one attached hydrogen (secondary N) is 1. The number of aryl methyl sites for hydroxylation is 1. The lowest BCUT2D eigenvalue weighted by Crippen LogP contribution is -2.47. The Morgan fingerprint density at radius 1 is 1.29 bits per heavy atom. The number of carbonyl (C=O) groups excluding carboxylic acids is 3. The maximum Gasteiger partial charge on any atom is 0.416 e. The zero-order valence-electron chi connectivity index (χ0n) is 14.8. The van der Waals surface area contributed by atoms with Gasteiger partial charge in [-0.15, -0.1) is 0 Å². The number of alkyl halides is 3. The number of ether oxygens (including phenoxy) is 1. The zero-order valence-corrected chi connectivity index (χ0v) is 14.8. The summed E-state index contributed by atoms with van der Waals surface area (Å²) in [4.78, 5) is 37.6. The first-order valence-corrected chi connectivity index (χ1v) is 8.15. The molecule has 0 fully saturated rings. The molecule has 0 saturated carbocycles. The van der Waals surface area contributed by atoms with Gasteiger partial charge in [0.15, 0.2) is 6.10 Å². The Bertz CT molecular complexity index is 951. The van der Waals surface area contributed by atoms with E-state index >= 15 is 0 Å². The minimum absolute atomic E-state index is 0.0637. The molecule has 1 aromatic heterocycles. The third-order valence-electron chi connectivity index (χ3n) is 4.14. The van der Waals surface area contributed by atoms with Crippen molar-refractivity contribution in [3.05, 3.63) is 47.4 Å². The van der Waals surface area contributed by atoms with Crippen LogP contribution in [0.5, 0.6) is 0 Å². The largest absolute Gasteiger partial charge is 0.457 e. The molecule has 28 heavy (non-hydrogen) atoms. The number of rotatable bonds is 3. The summed E-state index contributed by atoms with van der Waals surface area (Å²) in [6, 6.07) is 4.18. The molecule has 0 bridgehead atoms. The molecule has 1 aliphatic rings. The van der Waals surface area contributed by atoms with Gasteiger partial charge in [0.05, 0.1) is 23.2 Å². The minimum Gasteiger partial charge on any atom is -0.457 e. The van der Waals surface area contributed by atoms with Crippen molar-refractivity contribution in [1.82, 2.24) is 0 Å². The summed E-state index contributed by atoms with van der Waals surface area (Å²) >= 11 is 0. The average molecular weight is 396 g/mol. The van der Waals surface area contributed by atoms with Gasteiger partial charge in [-0.2, -0.15) is 13.2 Å². The van der Waals surface area contributed by atoms with Crippen LogP contribution in [-0.4, -0.2) is 30.4 Å². The van der Waals surface area contributed by atoms with E-state index in [0.29, 0.717) is 5.56 Å². The molecule has 2 amide bonds. The van der Waals surface area contributed by atoms with E-state index in [1.807, 2.05) is 0 Å². The fourth-order valence-electron chi connectivity index (χ4n) is 2.73. The lowest BCUT2D eigenvalue weighted by molar-refractivity contribution is -0.137. The van der Waals surface area contributed by atoms with E-state index < -0.39 is 42.2 Å². The van der Waals surface area contributed by atoms with Gasteiger partial charge in [0, 0.05) is 5.56 Å². The molecule has 2 heterocycles. The summed E-state index contributed by atoms with van der Waals surface area (Å²) in [7, 11) is 0. The van der Waals surface area contributed by atoms with Crippen LogP contribution in [0.2, 0.25) is 0 Å². The predicted octanol–water partition coefficient (Wildman–Crippen LogP) is 3.14. The van der Waals surface area contributed by atoms with Gasteiger partial charge >= 0.3 is 12.1 Å². The number of anilines is 2. The van der Waals surface area contributed by atoms with Gasteiger partial charge < -0.3 is 14.5 Å². The summed E-state index contributed by atoms with van der Waals surface area (Å²) in [6.07, 6.45) is -4.60. The van der Waals surface area contributed by atoms with Crippen molar-refractivity contribution in [3.63, 3.8) is 0 Å². The number of furan rings is 1. The van der Waals surface area contributed by atoms with Crippen LogP contribution in [0.1, 0.15) is 28.6 Å². The topological polar surface area (TPSA) is 88.8 Å². The summed E-state index contributed by atoms with van der Waals surface area (Å²) < 4.78 is 48.8. The predicted molar refractivity (Wildman–Crippen MR) is 90.7 cm³/mol. The standard InChI is InChI=1S/C18H15F3N2O5/c1-9-5-6-27-15(9)17(26)28-10(2)16(25)23-8-14(24)22-12-7-11(18(19,20)21)3-4-13(12)23/h3-7,10H,8H2,1-2H3,(H,22,24)/t10-/m1/s1. The van der Waals surface area contributed by atoms with Crippen molar-refractivity contribution in [1.29, 1.82) is 0 Å². The van der Waals surface area contributed by atoms with E-state index in [0.717, 1.165) is 23.1 Å². The zero-order chi connectivity index (χ0) is 20.6. The fraction of sp³-hybridized carbons (Fsp3) is 0.278. The lowest BCUT2D eigenvalue weighted by atomic mass is 10.1. The van der Waals surface area contributed by atoms with Gasteiger partial charge in [-0.05, 0) is 38.1 Å². The molecule has 148 valence electrons. The number of esters is 1. The Morgan fingerprint density at radius 3 is 2.61 bits per heavy atom. The van der Waals surface area contributed by atoms with Gasteiger partial charge in [0.25, 0.3) is 5.91 Å². The fourth-order valence-corrected chi connectivity index (χ4v) is 2.73. The number of amides is 2. The van der Waals surface area contributed by atoms with E-state index in [2.05, 4.69) is 5.32 Å². The van der Waals surface area contributed by atoms with E-state index in [9.17, 15) is 27.6 Å². The van der Waals surface area contributed by atoms with Crippen LogP contribution in [0.15, 0.2) is 34.9 Å². The van der Waals surface area contributed by atoms with Crippen LogP contribution >= 0.6 is 0 Å². The molecule has 0 unspecified atom stereocenters. The van der Waals surface area contributed by atoms with Crippen molar-refractivity contribution in [3.8, 4) is 0 Å². The molecule has 10 heteroatoms. The summed E-state index contributed by atoms with van der Waals surface area (Å²) in [5.74, 6) is -2.35. The highest BCUT2D eigenvalue weighted by atomic mass is 19.4. The SMILES string of the molecule is Cc1ccoc1C(=O)O[C@H](C)C(=O)N1CC(=O)Nc2cc(C(F)(F)F)ccc21. The molecular weight excluding hydrogens is 381 g/mol. The van der Waals surface area contributed by atoms with Crippen molar-refractivity contribution in [2.24, 2.45) is 0 Å². The second-order valence-electron chi connectivity index (χ2n) is 6.18.